The molecule has 9 rings (SSSR count). The summed E-state index contributed by atoms with van der Waals surface area (Å²) in [5.41, 5.74) is 1.82. The van der Waals surface area contributed by atoms with Crippen molar-refractivity contribution in [1.82, 2.24) is 0 Å². The molecule has 0 aliphatic rings. The maximum atomic E-state index is 17.2. The van der Waals surface area contributed by atoms with Gasteiger partial charge < -0.3 is 13.7 Å². The molecule has 9 aromatic rings. The molecule has 0 unspecified atom stereocenters. The van der Waals surface area contributed by atoms with E-state index in [4.69, 9.17) is 0 Å². The minimum Gasteiger partial charge on any atom is -0.309 e. The van der Waals surface area contributed by atoms with Crippen LogP contribution in [-0.2, 0) is 13.7 Å². The van der Waals surface area contributed by atoms with Crippen molar-refractivity contribution in [3.8, 4) is 0 Å². The molecule has 0 saturated heterocycles. The lowest BCUT2D eigenvalue weighted by Crippen LogP contribution is -2.31. The fourth-order valence-corrected chi connectivity index (χ4v) is 17.5. The lowest BCUT2D eigenvalue weighted by molar-refractivity contribution is 0.591. The Morgan fingerprint density at radius 2 is 0.656 bits per heavy atom. The molecule has 0 heterocycles. The Morgan fingerprint density at radius 3 is 0.967 bits per heavy atom. The Bertz CT molecular complexity index is 2980. The number of benzene rings is 9. The first kappa shape index (κ1) is 40.1. The molecule has 0 spiro atoms. The maximum Gasteiger partial charge on any atom is 0.172 e. The van der Waals surface area contributed by atoms with E-state index in [1.54, 1.807) is 0 Å². The molecule has 0 N–H and O–H groups in total. The quantitative estimate of drug-likeness (QED) is 0.122. The number of hydrogen-bond donors (Lipinski definition) is 0. The second-order valence-electron chi connectivity index (χ2n) is 15.0. The van der Waals surface area contributed by atoms with Crippen LogP contribution in [0.25, 0.3) is 33.7 Å². The molecule has 0 bridgehead atoms. The highest BCUT2D eigenvalue weighted by Gasteiger charge is 2.39. The molecule has 6 heteroatoms. The van der Waals surface area contributed by atoms with Crippen LogP contribution >= 0.6 is 21.4 Å². The van der Waals surface area contributed by atoms with E-state index >= 15 is 13.7 Å². The zero-order valence-corrected chi connectivity index (χ0v) is 36.4. The van der Waals surface area contributed by atoms with Crippen molar-refractivity contribution in [3.05, 3.63) is 236 Å². The third-order valence-electron chi connectivity index (χ3n) is 11.6. The summed E-state index contributed by atoms with van der Waals surface area (Å²) in [6, 6.07) is 68.1. The first-order valence-corrected chi connectivity index (χ1v) is 25.4. The highest BCUT2D eigenvalue weighted by molar-refractivity contribution is 7.87. The van der Waals surface area contributed by atoms with Gasteiger partial charge in [0, 0.05) is 47.7 Å². The van der Waals surface area contributed by atoms with Crippen molar-refractivity contribution >= 4 is 103 Å². The predicted molar refractivity (Wildman–Crippen MR) is 264 cm³/mol. The predicted octanol–water partition coefficient (Wildman–Crippen LogP) is 10.6. The van der Waals surface area contributed by atoms with Crippen molar-refractivity contribution in [2.45, 2.75) is 6.92 Å². The molecular weight excluding hydrogens is 802 g/mol. The fraction of sp³-hybridized carbons (Fsp3) is 0.0182. The van der Waals surface area contributed by atoms with Gasteiger partial charge in [0.15, 0.2) is 21.4 Å². The van der Waals surface area contributed by atoms with Crippen LogP contribution in [-0.4, -0.2) is 0 Å². The van der Waals surface area contributed by atoms with Gasteiger partial charge in [0.1, 0.15) is 0 Å². The van der Waals surface area contributed by atoms with E-state index in [1.807, 2.05) is 237 Å². The van der Waals surface area contributed by atoms with Gasteiger partial charge in [0.2, 0.25) is 0 Å². The molecule has 0 fully saturated rings. The van der Waals surface area contributed by atoms with Crippen LogP contribution < -0.4 is 47.7 Å². The Kier molecular flexibility index (Phi) is 10.9. The van der Waals surface area contributed by atoms with E-state index in [9.17, 15) is 0 Å². The van der Waals surface area contributed by atoms with Crippen LogP contribution in [0.3, 0.4) is 0 Å². The summed E-state index contributed by atoms with van der Waals surface area (Å²) in [4.78, 5) is 0. The van der Waals surface area contributed by atoms with Gasteiger partial charge >= 0.3 is 0 Å². The summed E-state index contributed by atoms with van der Waals surface area (Å²) in [7, 11) is -10.7. The van der Waals surface area contributed by atoms with E-state index in [0.717, 1.165) is 53.9 Å². The summed E-state index contributed by atoms with van der Waals surface area (Å²) >= 11 is 0. The Hall–Kier alpha value is -6.33. The lowest BCUT2D eigenvalue weighted by atomic mass is 10.1. The monoisotopic (exact) mass is 844 g/mol. The third kappa shape index (κ3) is 6.75. The van der Waals surface area contributed by atoms with Crippen LogP contribution in [0.5, 0.6) is 0 Å². The molecule has 9 aromatic carbocycles. The molecule has 0 atom stereocenters. The zero-order chi connectivity index (χ0) is 42.0. The highest BCUT2D eigenvalue weighted by atomic mass is 31.2. The second kappa shape index (κ2) is 16.6. The van der Waals surface area contributed by atoms with Crippen LogP contribution in [0.4, 0.5) is 0 Å². The van der Waals surface area contributed by atoms with Gasteiger partial charge in [0.05, 0.1) is 0 Å². The molecular formula is C55H43O3P3. The topological polar surface area (TPSA) is 51.2 Å². The maximum absolute atomic E-state index is 17.2. The zero-order valence-electron chi connectivity index (χ0n) is 33.7. The molecule has 61 heavy (non-hydrogen) atoms. The molecule has 0 aliphatic heterocycles. The van der Waals surface area contributed by atoms with Crippen LogP contribution in [0.1, 0.15) is 18.1 Å². The van der Waals surface area contributed by atoms with E-state index in [2.05, 4.69) is 6.58 Å². The molecule has 296 valence electrons. The third-order valence-corrected chi connectivity index (χ3v) is 21.0. The van der Waals surface area contributed by atoms with Crippen molar-refractivity contribution < 1.29 is 13.7 Å². The van der Waals surface area contributed by atoms with E-state index in [1.165, 1.54) is 0 Å². The minimum atomic E-state index is -3.83. The average Bonchev–Trinajstić information content (AvgIpc) is 3.33. The van der Waals surface area contributed by atoms with E-state index in [-0.39, 0.29) is 0 Å². The van der Waals surface area contributed by atoms with Gasteiger partial charge in [-0.2, -0.15) is 0 Å². The number of fused-ring (bicyclic) bond motifs is 2. The van der Waals surface area contributed by atoms with Gasteiger partial charge in [-0.05, 0) is 69.9 Å². The smallest absolute Gasteiger partial charge is 0.172 e. The van der Waals surface area contributed by atoms with Crippen molar-refractivity contribution in [1.29, 1.82) is 0 Å². The van der Waals surface area contributed by atoms with Crippen molar-refractivity contribution in [2.75, 3.05) is 0 Å². The van der Waals surface area contributed by atoms with Crippen LogP contribution in [0.2, 0.25) is 0 Å². The number of rotatable bonds is 11. The van der Waals surface area contributed by atoms with Crippen LogP contribution in [0, 0.1) is 0 Å². The Labute approximate surface area is 357 Å². The van der Waals surface area contributed by atoms with Gasteiger partial charge in [-0.3, -0.25) is 0 Å². The summed E-state index contributed by atoms with van der Waals surface area (Å²) < 4.78 is 49.1. The SMILES string of the molecule is C=Cc1ccc(P(=O)(c2ccc(P(=O)(c3ccccc3)c3ccccc3)c3ccccc23)c2ccc(P(=O)(c3ccccc3)c3ccccc3)c3ccccc23)cc1/C=C\C. The largest absolute Gasteiger partial charge is 0.309 e. The highest BCUT2D eigenvalue weighted by Crippen LogP contribution is 2.51. The molecule has 3 nitrogen and oxygen atoms in total. The number of allylic oxidation sites excluding steroid dienone is 1. The Balaban J connectivity index is 1.38. The summed E-state index contributed by atoms with van der Waals surface area (Å²) in [6.45, 7) is 6.04. The first-order chi connectivity index (χ1) is 29.8. The lowest BCUT2D eigenvalue weighted by Gasteiger charge is -2.28. The molecule has 0 radical (unpaired) electrons. The second-order valence-corrected chi connectivity index (χ2v) is 23.2. The van der Waals surface area contributed by atoms with E-state index in [0.29, 0.717) is 26.5 Å². The van der Waals surface area contributed by atoms with E-state index < -0.39 is 21.4 Å². The molecule has 0 saturated carbocycles. The number of hydrogen-bond acceptors (Lipinski definition) is 3. The Morgan fingerprint density at radius 1 is 0.344 bits per heavy atom. The van der Waals surface area contributed by atoms with Gasteiger partial charge in [-0.25, -0.2) is 0 Å². The van der Waals surface area contributed by atoms with Gasteiger partial charge in [-0.15, -0.1) is 0 Å². The molecule has 0 amide bonds. The standard InChI is InChI=1S/C55H43O3P3/c1-3-21-42-40-47(35-34-41(42)4-2)61(58,54-38-36-52(48-30-17-19-32-50(48)54)59(56,43-22-9-5-10-23-43)44-24-11-6-12-25-44)55-39-37-53(49-31-18-20-33-51(49)55)60(57,45-26-13-7-14-27-45)46-28-15-8-16-29-46/h3-40H,2H2,1H3/b21-3-. The first-order valence-electron chi connectivity index (χ1n) is 20.3. The van der Waals surface area contributed by atoms with Gasteiger partial charge in [0.25, 0.3) is 0 Å². The van der Waals surface area contributed by atoms with Crippen LogP contribution in [0.15, 0.2) is 225 Å². The normalized spacial score (nSPS) is 12.2. The molecule has 0 aliphatic carbocycles. The summed E-state index contributed by atoms with van der Waals surface area (Å²) in [5.74, 6) is 0. The van der Waals surface area contributed by atoms with Gasteiger partial charge in [-0.1, -0.05) is 207 Å². The average molecular weight is 845 g/mol. The summed E-state index contributed by atoms with van der Waals surface area (Å²) in [6.07, 6.45) is 5.80. The molecule has 0 aromatic heterocycles. The van der Waals surface area contributed by atoms with Crippen molar-refractivity contribution in [2.24, 2.45) is 0 Å². The minimum absolute atomic E-state index is 0.629. The van der Waals surface area contributed by atoms with Crippen molar-refractivity contribution in [3.63, 3.8) is 0 Å². The summed E-state index contributed by atoms with van der Waals surface area (Å²) in [5, 5.41) is 9.20. The fourth-order valence-electron chi connectivity index (χ4n) is 8.71.